The summed E-state index contributed by atoms with van der Waals surface area (Å²) in [5, 5.41) is 3.98. The highest BCUT2D eigenvalue weighted by atomic mass is 32.2. The van der Waals surface area contributed by atoms with E-state index in [1.54, 1.807) is 30.2 Å². The number of anilines is 2. The van der Waals surface area contributed by atoms with Gasteiger partial charge in [-0.15, -0.1) is 11.8 Å². The molecule has 2 aromatic carbocycles. The Bertz CT molecular complexity index is 951. The Hall–Kier alpha value is -2.25. The first kappa shape index (κ1) is 17.2. The van der Waals surface area contributed by atoms with E-state index < -0.39 is 0 Å². The van der Waals surface area contributed by atoms with E-state index >= 15 is 0 Å². The predicted molar refractivity (Wildman–Crippen MR) is 109 cm³/mol. The molecule has 0 aliphatic carbocycles. The highest BCUT2D eigenvalue weighted by Crippen LogP contribution is 2.34. The number of nitrogens with zero attached hydrogens (tertiary/aromatic N) is 2. The summed E-state index contributed by atoms with van der Waals surface area (Å²) in [6, 6.07) is 13.8. The highest BCUT2D eigenvalue weighted by Gasteiger charge is 2.34. The van der Waals surface area contributed by atoms with Gasteiger partial charge in [0, 0.05) is 29.7 Å². The summed E-state index contributed by atoms with van der Waals surface area (Å²) in [4.78, 5) is 20.4. The molecule has 5 nitrogen and oxygen atoms in total. The van der Waals surface area contributed by atoms with Gasteiger partial charge in [-0.2, -0.15) is 0 Å². The van der Waals surface area contributed by atoms with Crippen LogP contribution in [0, 0.1) is 5.92 Å². The van der Waals surface area contributed by atoms with Gasteiger partial charge in [-0.3, -0.25) is 4.79 Å². The topological polar surface area (TPSA) is 54.5 Å². The summed E-state index contributed by atoms with van der Waals surface area (Å²) in [6.07, 6.45) is 2.03. The molecule has 0 radical (unpaired) electrons. The number of carbonyl (C=O) groups excluding carboxylic acids is 1. The quantitative estimate of drug-likeness (QED) is 0.670. The number of benzene rings is 2. The van der Waals surface area contributed by atoms with E-state index in [-0.39, 0.29) is 11.8 Å². The van der Waals surface area contributed by atoms with Gasteiger partial charge in [0.2, 0.25) is 5.91 Å². The molecule has 1 N–H and O–H groups in total. The fraction of sp³-hybridized carbons (Fsp3) is 0.263. The minimum absolute atomic E-state index is 0.00511. The minimum Gasteiger partial charge on any atom is -0.497 e. The molecule has 1 saturated heterocycles. The third-order valence-corrected chi connectivity index (χ3v) is 6.27. The van der Waals surface area contributed by atoms with Crippen LogP contribution in [0.5, 0.6) is 5.75 Å². The number of nitrogens with one attached hydrogen (secondary N) is 1. The molecular weight excluding hydrogens is 366 g/mol. The molecule has 0 atom stereocenters. The number of thiazole rings is 1. The maximum absolute atomic E-state index is 12.4. The summed E-state index contributed by atoms with van der Waals surface area (Å²) < 4.78 is 6.38. The zero-order valence-corrected chi connectivity index (χ0v) is 16.2. The van der Waals surface area contributed by atoms with Gasteiger partial charge in [-0.05, 0) is 36.6 Å². The molecule has 1 fully saturated rings. The molecule has 1 amide bonds. The maximum Gasteiger partial charge on any atom is 0.231 e. The van der Waals surface area contributed by atoms with Crippen molar-refractivity contribution in [1.29, 1.82) is 0 Å². The predicted octanol–water partition coefficient (Wildman–Crippen LogP) is 4.10. The van der Waals surface area contributed by atoms with Crippen LogP contribution in [0.15, 0.2) is 47.4 Å². The van der Waals surface area contributed by atoms with E-state index in [1.807, 2.05) is 48.7 Å². The number of aromatic nitrogens is 1. The fourth-order valence-corrected chi connectivity index (χ4v) is 4.33. The van der Waals surface area contributed by atoms with Crippen molar-refractivity contribution < 1.29 is 9.53 Å². The molecule has 0 unspecified atom stereocenters. The second-order valence-corrected chi connectivity index (χ2v) is 8.04. The Labute approximate surface area is 160 Å². The second-order valence-electron chi connectivity index (χ2n) is 6.15. The minimum atomic E-state index is -0.00511. The van der Waals surface area contributed by atoms with Crippen LogP contribution in [0.1, 0.15) is 0 Å². The van der Waals surface area contributed by atoms with Crippen LogP contribution in [0.2, 0.25) is 0 Å². The maximum atomic E-state index is 12.4. The molecule has 1 aromatic heterocycles. The largest absolute Gasteiger partial charge is 0.497 e. The first-order valence-electron chi connectivity index (χ1n) is 8.30. The third-order valence-electron chi connectivity index (χ3n) is 4.44. The van der Waals surface area contributed by atoms with E-state index in [0.29, 0.717) is 13.1 Å². The first-order valence-corrected chi connectivity index (χ1v) is 10.3. The zero-order chi connectivity index (χ0) is 18.1. The van der Waals surface area contributed by atoms with Crippen molar-refractivity contribution >= 4 is 50.0 Å². The lowest BCUT2D eigenvalue weighted by atomic mass is 10.00. The Morgan fingerprint density at radius 2 is 2.15 bits per heavy atom. The zero-order valence-electron chi connectivity index (χ0n) is 14.6. The highest BCUT2D eigenvalue weighted by molar-refractivity contribution is 7.98. The van der Waals surface area contributed by atoms with Crippen molar-refractivity contribution in [3.8, 4) is 5.75 Å². The van der Waals surface area contributed by atoms with Crippen molar-refractivity contribution in [1.82, 2.24) is 4.98 Å². The van der Waals surface area contributed by atoms with Crippen LogP contribution in [0.3, 0.4) is 0 Å². The van der Waals surface area contributed by atoms with Crippen LogP contribution in [-0.4, -0.2) is 37.3 Å². The molecule has 26 heavy (non-hydrogen) atoms. The summed E-state index contributed by atoms with van der Waals surface area (Å²) in [5.41, 5.74) is 1.79. The van der Waals surface area contributed by atoms with Gasteiger partial charge in [0.15, 0.2) is 5.13 Å². The molecule has 0 spiro atoms. The van der Waals surface area contributed by atoms with Crippen LogP contribution in [-0.2, 0) is 4.79 Å². The molecular formula is C19H19N3O2S2. The van der Waals surface area contributed by atoms with Gasteiger partial charge < -0.3 is 15.0 Å². The summed E-state index contributed by atoms with van der Waals surface area (Å²) >= 11 is 3.31. The first-order chi connectivity index (χ1) is 12.7. The molecule has 0 bridgehead atoms. The normalized spacial score (nSPS) is 14.3. The van der Waals surface area contributed by atoms with Gasteiger partial charge in [0.25, 0.3) is 0 Å². The number of amides is 1. The summed E-state index contributed by atoms with van der Waals surface area (Å²) in [7, 11) is 1.65. The Morgan fingerprint density at radius 1 is 1.31 bits per heavy atom. The second kappa shape index (κ2) is 7.17. The molecule has 134 valence electrons. The summed E-state index contributed by atoms with van der Waals surface area (Å²) in [6.45, 7) is 1.40. The van der Waals surface area contributed by atoms with Gasteiger partial charge in [0.1, 0.15) is 5.75 Å². The van der Waals surface area contributed by atoms with E-state index in [0.717, 1.165) is 31.7 Å². The molecule has 1 aliphatic rings. The van der Waals surface area contributed by atoms with Crippen molar-refractivity contribution in [2.24, 2.45) is 5.92 Å². The average Bonchev–Trinajstić information content (AvgIpc) is 3.02. The van der Waals surface area contributed by atoms with Gasteiger partial charge in [-0.25, -0.2) is 4.98 Å². The summed E-state index contributed by atoms with van der Waals surface area (Å²) in [5.74, 6) is 0.874. The fourth-order valence-electron chi connectivity index (χ4n) is 2.90. The SMILES string of the molecule is COc1ccc2sc(N3CC(C(=O)Nc4cccc(SC)c4)C3)nc2c1. The third kappa shape index (κ3) is 3.37. The van der Waals surface area contributed by atoms with Gasteiger partial charge >= 0.3 is 0 Å². The number of methoxy groups -OCH3 is 1. The molecule has 4 rings (SSSR count). The van der Waals surface area contributed by atoms with E-state index in [2.05, 4.69) is 15.2 Å². The average molecular weight is 386 g/mol. The van der Waals surface area contributed by atoms with Crippen molar-refractivity contribution in [2.45, 2.75) is 4.90 Å². The van der Waals surface area contributed by atoms with E-state index in [1.165, 1.54) is 0 Å². The van der Waals surface area contributed by atoms with Gasteiger partial charge in [-0.1, -0.05) is 17.4 Å². The van der Waals surface area contributed by atoms with Crippen molar-refractivity contribution in [2.75, 3.05) is 36.7 Å². The number of thioether (sulfide) groups is 1. The number of carbonyl (C=O) groups is 1. The molecule has 7 heteroatoms. The lowest BCUT2D eigenvalue weighted by Crippen LogP contribution is -2.52. The van der Waals surface area contributed by atoms with Gasteiger partial charge in [0.05, 0.1) is 23.2 Å². The number of fused-ring (bicyclic) bond motifs is 1. The Morgan fingerprint density at radius 3 is 2.92 bits per heavy atom. The van der Waals surface area contributed by atoms with E-state index in [4.69, 9.17) is 4.74 Å². The van der Waals surface area contributed by atoms with Crippen LogP contribution < -0.4 is 15.0 Å². The number of hydrogen-bond acceptors (Lipinski definition) is 6. The number of rotatable bonds is 5. The number of hydrogen-bond donors (Lipinski definition) is 1. The molecule has 3 aromatic rings. The van der Waals surface area contributed by atoms with Crippen LogP contribution >= 0.6 is 23.1 Å². The monoisotopic (exact) mass is 385 g/mol. The standard InChI is InChI=1S/C19H19N3O2S2/c1-24-14-6-7-17-16(9-14)21-19(26-17)22-10-12(11-22)18(23)20-13-4-3-5-15(8-13)25-2/h3-9,12H,10-11H2,1-2H3,(H,20,23). The smallest absolute Gasteiger partial charge is 0.231 e. The van der Waals surface area contributed by atoms with Crippen LogP contribution in [0.4, 0.5) is 10.8 Å². The molecule has 1 aliphatic heterocycles. The number of ether oxygens (including phenoxy) is 1. The Balaban J connectivity index is 1.39. The lowest BCUT2D eigenvalue weighted by molar-refractivity contribution is -0.120. The molecule has 0 saturated carbocycles. The molecule has 2 heterocycles. The van der Waals surface area contributed by atoms with Crippen molar-refractivity contribution in [3.63, 3.8) is 0 Å². The Kier molecular flexibility index (Phi) is 4.74. The van der Waals surface area contributed by atoms with Crippen molar-refractivity contribution in [3.05, 3.63) is 42.5 Å². The van der Waals surface area contributed by atoms with Crippen LogP contribution in [0.25, 0.3) is 10.2 Å². The lowest BCUT2D eigenvalue weighted by Gasteiger charge is -2.37. The van der Waals surface area contributed by atoms with E-state index in [9.17, 15) is 4.79 Å².